The molecule has 0 unspecified atom stereocenters. The van der Waals surface area contributed by atoms with E-state index in [1.54, 1.807) is 14.2 Å². The van der Waals surface area contributed by atoms with Crippen molar-refractivity contribution in [1.82, 2.24) is 0 Å². The summed E-state index contributed by atoms with van der Waals surface area (Å²) in [7, 11) is -1.01. The number of hydrogen-bond acceptors (Lipinski definition) is 8. The van der Waals surface area contributed by atoms with Crippen LogP contribution in [0.15, 0.2) is 12.7 Å². The van der Waals surface area contributed by atoms with Crippen LogP contribution in [0.1, 0.15) is 34.1 Å². The van der Waals surface area contributed by atoms with Gasteiger partial charge in [-0.05, 0) is 40.2 Å². The van der Waals surface area contributed by atoms with Gasteiger partial charge in [-0.15, -0.1) is 0 Å². The monoisotopic (exact) mass is 412 g/mol. The second kappa shape index (κ2) is 19.2. The van der Waals surface area contributed by atoms with Crippen LogP contribution < -0.4 is 0 Å². The fourth-order valence-corrected chi connectivity index (χ4v) is 4.85. The zero-order valence-electron chi connectivity index (χ0n) is 17.1. The SMILES string of the molecule is C=CC(=O)OCCC[SiH](OC)OC.CCO[Si](OCC)(OCC)OCC. The predicted molar refractivity (Wildman–Crippen MR) is 104 cm³/mol. The van der Waals surface area contributed by atoms with Crippen molar-refractivity contribution in [3.05, 3.63) is 12.7 Å². The third kappa shape index (κ3) is 14.6. The normalized spacial score (nSPS) is 11.0. The van der Waals surface area contributed by atoms with Crippen LogP contribution in [0.4, 0.5) is 0 Å². The zero-order valence-corrected chi connectivity index (χ0v) is 19.2. The highest BCUT2D eigenvalue weighted by Crippen LogP contribution is 2.11. The second-order valence-electron chi connectivity index (χ2n) is 4.65. The van der Waals surface area contributed by atoms with E-state index in [1.807, 2.05) is 27.7 Å². The van der Waals surface area contributed by atoms with Gasteiger partial charge >= 0.3 is 24.3 Å². The molecule has 0 aliphatic heterocycles. The number of rotatable bonds is 15. The minimum atomic E-state index is -2.80. The average Bonchev–Trinajstić information content (AvgIpc) is 2.63. The minimum absolute atomic E-state index is 0.381. The lowest BCUT2D eigenvalue weighted by Crippen LogP contribution is -2.49. The molecule has 0 saturated heterocycles. The Morgan fingerprint density at radius 2 is 1.35 bits per heavy atom. The largest absolute Gasteiger partial charge is 0.679 e. The standard InChI is InChI=1S/C8H20O4Si.C8H16O4Si/c1-5-9-13(10-6-2,11-7-3)12-8-4;1-4-8(9)12-6-5-7-13(10-2)11-3/h5-8H2,1-4H3;4,13H,1,5-7H2,2-3H3. The molecule has 10 heteroatoms. The van der Waals surface area contributed by atoms with E-state index in [0.717, 1.165) is 18.5 Å². The van der Waals surface area contributed by atoms with E-state index >= 15 is 0 Å². The Balaban J connectivity index is 0. The Morgan fingerprint density at radius 1 is 0.923 bits per heavy atom. The van der Waals surface area contributed by atoms with Crippen LogP contribution in [-0.2, 0) is 36.1 Å². The van der Waals surface area contributed by atoms with Crippen molar-refractivity contribution < 1.29 is 36.1 Å². The summed E-state index contributed by atoms with van der Waals surface area (Å²) in [5, 5.41) is 0. The molecule has 0 aromatic heterocycles. The molecule has 0 radical (unpaired) electrons. The topological polar surface area (TPSA) is 81.7 Å². The summed E-state index contributed by atoms with van der Waals surface area (Å²) in [5.74, 6) is -0.381. The Labute approximate surface area is 161 Å². The van der Waals surface area contributed by atoms with Crippen molar-refractivity contribution in [3.63, 3.8) is 0 Å². The van der Waals surface area contributed by atoms with Gasteiger partial charge in [-0.1, -0.05) is 6.58 Å². The van der Waals surface area contributed by atoms with Gasteiger partial charge in [-0.3, -0.25) is 0 Å². The number of carbonyl (C=O) groups is 1. The van der Waals surface area contributed by atoms with Crippen molar-refractivity contribution in [1.29, 1.82) is 0 Å². The molecule has 0 bridgehead atoms. The van der Waals surface area contributed by atoms with E-state index in [4.69, 9.17) is 31.3 Å². The molecule has 156 valence electrons. The summed E-state index contributed by atoms with van der Waals surface area (Å²) >= 11 is 0. The van der Waals surface area contributed by atoms with Crippen LogP contribution >= 0.6 is 0 Å². The molecule has 0 fully saturated rings. The fourth-order valence-electron chi connectivity index (χ4n) is 1.77. The Bertz CT molecular complexity index is 311. The smallest absolute Gasteiger partial charge is 0.463 e. The molecule has 0 aromatic carbocycles. The summed E-state index contributed by atoms with van der Waals surface area (Å²) in [5.41, 5.74) is 0. The molecule has 0 saturated carbocycles. The van der Waals surface area contributed by atoms with Gasteiger partial charge in [-0.25, -0.2) is 4.79 Å². The van der Waals surface area contributed by atoms with Crippen molar-refractivity contribution >= 4 is 24.3 Å². The van der Waals surface area contributed by atoms with E-state index in [0.29, 0.717) is 33.0 Å². The second-order valence-corrected chi connectivity index (χ2v) is 9.18. The summed E-state index contributed by atoms with van der Waals surface area (Å²) in [6, 6.07) is 0.845. The van der Waals surface area contributed by atoms with E-state index in [9.17, 15) is 4.79 Å². The summed E-state index contributed by atoms with van der Waals surface area (Å²) in [4.78, 5) is 10.6. The molecule has 26 heavy (non-hydrogen) atoms. The highest BCUT2D eigenvalue weighted by molar-refractivity contribution is 6.53. The van der Waals surface area contributed by atoms with Crippen LogP contribution in [0.25, 0.3) is 0 Å². The maximum Gasteiger partial charge on any atom is 0.679 e. The lowest BCUT2D eigenvalue weighted by atomic mass is 10.5. The lowest BCUT2D eigenvalue weighted by molar-refractivity contribution is -0.137. The molecule has 0 heterocycles. The first-order valence-electron chi connectivity index (χ1n) is 8.89. The minimum Gasteiger partial charge on any atom is -0.463 e. The third-order valence-electron chi connectivity index (χ3n) is 2.81. The van der Waals surface area contributed by atoms with Gasteiger partial charge in [0.2, 0.25) is 0 Å². The number of carbonyl (C=O) groups excluding carboxylic acids is 1. The maximum atomic E-state index is 10.6. The van der Waals surface area contributed by atoms with Crippen LogP contribution in [0.2, 0.25) is 6.04 Å². The molecular formula is C16H36O8Si2. The fraction of sp³-hybridized carbons (Fsp3) is 0.812. The van der Waals surface area contributed by atoms with Crippen molar-refractivity contribution in [2.24, 2.45) is 0 Å². The van der Waals surface area contributed by atoms with E-state index < -0.39 is 18.3 Å². The summed E-state index contributed by atoms with van der Waals surface area (Å²) in [6.45, 7) is 13.5. The summed E-state index contributed by atoms with van der Waals surface area (Å²) < 4.78 is 36.7. The molecule has 0 atom stereocenters. The van der Waals surface area contributed by atoms with E-state index in [1.165, 1.54) is 0 Å². The Morgan fingerprint density at radius 3 is 1.65 bits per heavy atom. The molecule has 0 amide bonds. The first-order chi connectivity index (χ1) is 12.5. The highest BCUT2D eigenvalue weighted by atomic mass is 28.4. The molecule has 8 nitrogen and oxygen atoms in total. The van der Waals surface area contributed by atoms with Crippen molar-refractivity contribution in [3.8, 4) is 0 Å². The van der Waals surface area contributed by atoms with Crippen LogP contribution in [-0.4, -0.2) is 71.6 Å². The zero-order chi connectivity index (χ0) is 20.3. The van der Waals surface area contributed by atoms with Crippen LogP contribution in [0.3, 0.4) is 0 Å². The quantitative estimate of drug-likeness (QED) is 0.175. The average molecular weight is 413 g/mol. The van der Waals surface area contributed by atoms with Crippen LogP contribution in [0.5, 0.6) is 0 Å². The first-order valence-corrected chi connectivity index (χ1v) is 12.3. The van der Waals surface area contributed by atoms with Gasteiger partial charge in [0.25, 0.3) is 0 Å². The van der Waals surface area contributed by atoms with E-state index in [-0.39, 0.29) is 5.97 Å². The molecule has 0 spiro atoms. The lowest BCUT2D eigenvalue weighted by Gasteiger charge is -2.26. The molecule has 0 aliphatic carbocycles. The van der Waals surface area contributed by atoms with Gasteiger partial charge < -0.3 is 31.3 Å². The van der Waals surface area contributed by atoms with Gasteiger partial charge in [0, 0.05) is 46.7 Å². The first kappa shape index (κ1) is 27.6. The highest BCUT2D eigenvalue weighted by Gasteiger charge is 2.44. The number of ether oxygens (including phenoxy) is 1. The van der Waals surface area contributed by atoms with Gasteiger partial charge in [0.15, 0.2) is 0 Å². The Kier molecular flexibility index (Phi) is 20.4. The van der Waals surface area contributed by atoms with E-state index in [2.05, 4.69) is 6.58 Å². The van der Waals surface area contributed by atoms with Gasteiger partial charge in [0.1, 0.15) is 0 Å². The van der Waals surface area contributed by atoms with Gasteiger partial charge in [0.05, 0.1) is 6.61 Å². The van der Waals surface area contributed by atoms with Crippen LogP contribution in [0, 0.1) is 0 Å². The molecule has 0 aliphatic rings. The molecular weight excluding hydrogens is 376 g/mol. The number of esters is 1. The van der Waals surface area contributed by atoms with Gasteiger partial charge in [-0.2, -0.15) is 0 Å². The molecule has 0 aromatic rings. The molecule has 0 N–H and O–H groups in total. The Hall–Kier alpha value is -0.596. The van der Waals surface area contributed by atoms with Crippen molar-refractivity contribution in [2.75, 3.05) is 47.3 Å². The predicted octanol–water partition coefficient (Wildman–Crippen LogP) is 2.19. The molecule has 0 rings (SSSR count). The third-order valence-corrected chi connectivity index (χ3v) is 7.31. The summed E-state index contributed by atoms with van der Waals surface area (Å²) in [6.07, 6.45) is 1.93. The van der Waals surface area contributed by atoms with Crippen molar-refractivity contribution in [2.45, 2.75) is 40.2 Å². The maximum absolute atomic E-state index is 10.6. The number of hydrogen-bond donors (Lipinski definition) is 0.